The fourth-order valence-corrected chi connectivity index (χ4v) is 7.66. The zero-order valence-corrected chi connectivity index (χ0v) is 20.1. The van der Waals surface area contributed by atoms with Gasteiger partial charge in [-0.25, -0.2) is 14.0 Å². The highest BCUT2D eigenvalue weighted by molar-refractivity contribution is 6.17. The number of aliphatic hydroxyl groups excluding tert-OH is 1. The highest BCUT2D eigenvalue weighted by atomic mass is 35.5. The molecule has 4 aliphatic rings. The molecule has 0 bridgehead atoms. The van der Waals surface area contributed by atoms with Gasteiger partial charge in [-0.15, -0.1) is 0 Å². The largest absolute Gasteiger partial charge is 0.509 e. The summed E-state index contributed by atoms with van der Waals surface area (Å²) >= 11 is 5.67. The lowest BCUT2D eigenvalue weighted by Crippen LogP contribution is -2.70. The summed E-state index contributed by atoms with van der Waals surface area (Å²) in [4.78, 5) is 37.6. The van der Waals surface area contributed by atoms with E-state index in [1.165, 1.54) is 0 Å². The van der Waals surface area contributed by atoms with Gasteiger partial charge in [0.1, 0.15) is 5.67 Å². The minimum absolute atomic E-state index is 0.00815. The minimum Gasteiger partial charge on any atom is -0.446 e. The molecule has 7 nitrogen and oxygen atoms in total. The average molecular weight is 487 g/mol. The monoisotopic (exact) mass is 486 g/mol. The number of fused-ring (bicyclic) bond motifs is 5. The second kappa shape index (κ2) is 8.22. The molecule has 0 aromatic carbocycles. The number of rotatable bonds is 4. The van der Waals surface area contributed by atoms with Crippen LogP contribution in [-0.2, 0) is 23.8 Å². The second-order valence-corrected chi connectivity index (χ2v) is 10.5. The Morgan fingerprint density at radius 3 is 2.58 bits per heavy atom. The van der Waals surface area contributed by atoms with Crippen LogP contribution in [0.15, 0.2) is 11.6 Å². The molecule has 3 saturated carbocycles. The number of halogens is 2. The molecule has 0 aromatic heterocycles. The van der Waals surface area contributed by atoms with Gasteiger partial charge in [0.15, 0.2) is 11.8 Å². The lowest BCUT2D eigenvalue weighted by molar-refractivity contribution is -0.234. The van der Waals surface area contributed by atoms with Crippen LogP contribution in [0.1, 0.15) is 65.7 Å². The van der Waals surface area contributed by atoms with E-state index in [1.807, 2.05) is 6.92 Å². The molecule has 184 valence electrons. The number of aliphatic hydroxyl groups is 1. The summed E-state index contributed by atoms with van der Waals surface area (Å²) in [6, 6.07) is -0.424. The average Bonchev–Trinajstić information content (AvgIpc) is 3.03. The van der Waals surface area contributed by atoms with Crippen LogP contribution < -0.4 is 0 Å². The van der Waals surface area contributed by atoms with Crippen LogP contribution in [0.2, 0.25) is 0 Å². The highest BCUT2D eigenvalue weighted by Gasteiger charge is 2.76. The molecular formula is C24H32ClFO7. The van der Waals surface area contributed by atoms with Gasteiger partial charge in [0.05, 0.1) is 12.7 Å². The lowest BCUT2D eigenvalue weighted by Gasteiger charge is -2.63. The standard InChI is InChI=1S/C24H32ClFO7/c1-4-31-20(30)33-23(19(29)32-13-25)10-8-16-17-6-5-14-11-15(27)7-9-21(14,2)24(17,26)18(28)12-22(16,23)3/h11,16-18,28H,4-10,12-13H2,1-3H3/t16-,17-,18-,21-,22-,23-,24-/m0/s1. The Hall–Kier alpha value is -1.67. The van der Waals surface area contributed by atoms with E-state index in [1.54, 1.807) is 19.9 Å². The normalized spacial score (nSPS) is 44.1. The highest BCUT2D eigenvalue weighted by Crippen LogP contribution is 2.71. The van der Waals surface area contributed by atoms with Crippen molar-refractivity contribution in [3.8, 4) is 0 Å². The van der Waals surface area contributed by atoms with Gasteiger partial charge in [-0.1, -0.05) is 31.0 Å². The number of carbonyl (C=O) groups is 3. The van der Waals surface area contributed by atoms with Gasteiger partial charge < -0.3 is 19.3 Å². The third-order valence-electron chi connectivity index (χ3n) is 9.20. The van der Waals surface area contributed by atoms with Crippen LogP contribution in [0, 0.1) is 22.7 Å². The van der Waals surface area contributed by atoms with E-state index >= 15 is 4.39 Å². The summed E-state index contributed by atoms with van der Waals surface area (Å²) in [7, 11) is 0. The summed E-state index contributed by atoms with van der Waals surface area (Å²) in [5, 5.41) is 11.4. The predicted molar refractivity (Wildman–Crippen MR) is 116 cm³/mol. The Morgan fingerprint density at radius 1 is 1.18 bits per heavy atom. The van der Waals surface area contributed by atoms with Gasteiger partial charge in [-0.2, -0.15) is 0 Å². The van der Waals surface area contributed by atoms with Crippen molar-refractivity contribution in [3.63, 3.8) is 0 Å². The molecule has 33 heavy (non-hydrogen) atoms. The third-order valence-corrected chi connectivity index (χ3v) is 9.31. The first kappa shape index (κ1) is 24.5. The second-order valence-electron chi connectivity index (χ2n) is 10.3. The summed E-state index contributed by atoms with van der Waals surface area (Å²) < 4.78 is 32.9. The quantitative estimate of drug-likeness (QED) is 0.468. The SMILES string of the molecule is CCOC(=O)O[C@]1(C(=O)OCCl)CC[C@H]2[C@@H]3CCC4=CC(=O)CC[C@]4(C)[C@@]3(F)[C@@H](O)C[C@@]21C. The van der Waals surface area contributed by atoms with E-state index in [2.05, 4.69) is 0 Å². The maximum atomic E-state index is 17.2. The topological polar surface area (TPSA) is 99.1 Å². The number of hydrogen-bond acceptors (Lipinski definition) is 7. The number of alkyl halides is 2. The van der Waals surface area contributed by atoms with Crippen LogP contribution in [0.3, 0.4) is 0 Å². The molecule has 0 saturated heterocycles. The molecule has 4 aliphatic carbocycles. The van der Waals surface area contributed by atoms with E-state index in [0.29, 0.717) is 25.7 Å². The predicted octanol–water partition coefficient (Wildman–Crippen LogP) is 4.23. The number of esters is 1. The Labute approximate surface area is 198 Å². The summed E-state index contributed by atoms with van der Waals surface area (Å²) in [6.45, 7) is 5.25. The number of carbonyl (C=O) groups excluding carboxylic acids is 3. The summed E-state index contributed by atoms with van der Waals surface area (Å²) in [5.41, 5.74) is -4.98. The van der Waals surface area contributed by atoms with Crippen molar-refractivity contribution in [2.45, 2.75) is 83.1 Å². The molecule has 0 amide bonds. The van der Waals surface area contributed by atoms with Crippen LogP contribution in [0.25, 0.3) is 0 Å². The molecular weight excluding hydrogens is 455 g/mol. The van der Waals surface area contributed by atoms with Gasteiger partial charge >= 0.3 is 12.1 Å². The summed E-state index contributed by atoms with van der Waals surface area (Å²) in [6.07, 6.45) is 1.14. The molecule has 3 fully saturated rings. The van der Waals surface area contributed by atoms with Crippen molar-refractivity contribution >= 4 is 29.5 Å². The fourth-order valence-electron chi connectivity index (χ4n) is 7.56. The minimum atomic E-state index is -1.96. The van der Waals surface area contributed by atoms with E-state index < -0.39 is 52.3 Å². The number of ether oxygens (including phenoxy) is 3. The first-order valence-corrected chi connectivity index (χ1v) is 12.2. The molecule has 7 atom stereocenters. The number of allylic oxidation sites excluding steroid dienone is 1. The molecule has 0 aromatic rings. The molecule has 0 heterocycles. The molecule has 0 aliphatic heterocycles. The van der Waals surface area contributed by atoms with Crippen molar-refractivity contribution in [3.05, 3.63) is 11.6 Å². The molecule has 9 heteroatoms. The Kier molecular flexibility index (Phi) is 6.09. The molecule has 0 radical (unpaired) electrons. The van der Waals surface area contributed by atoms with E-state index in [9.17, 15) is 19.5 Å². The molecule has 4 rings (SSSR count). The van der Waals surface area contributed by atoms with Crippen LogP contribution >= 0.6 is 11.6 Å². The molecule has 1 N–H and O–H groups in total. The smallest absolute Gasteiger partial charge is 0.446 e. The van der Waals surface area contributed by atoms with Crippen molar-refractivity contribution in [2.75, 3.05) is 12.7 Å². The van der Waals surface area contributed by atoms with Crippen molar-refractivity contribution < 1.29 is 38.1 Å². The number of hydrogen-bond donors (Lipinski definition) is 1. The van der Waals surface area contributed by atoms with Crippen LogP contribution in [0.4, 0.5) is 9.18 Å². The van der Waals surface area contributed by atoms with Crippen LogP contribution in [-0.4, -0.2) is 53.1 Å². The van der Waals surface area contributed by atoms with Crippen LogP contribution in [0.5, 0.6) is 0 Å². The van der Waals surface area contributed by atoms with Gasteiger partial charge in [-0.3, -0.25) is 4.79 Å². The zero-order valence-electron chi connectivity index (χ0n) is 19.3. The maximum absolute atomic E-state index is 17.2. The van der Waals surface area contributed by atoms with E-state index in [4.69, 9.17) is 25.8 Å². The summed E-state index contributed by atoms with van der Waals surface area (Å²) in [5.74, 6) is -1.73. The van der Waals surface area contributed by atoms with Crippen molar-refractivity contribution in [1.29, 1.82) is 0 Å². The maximum Gasteiger partial charge on any atom is 0.509 e. The van der Waals surface area contributed by atoms with Gasteiger partial charge in [0, 0.05) is 23.2 Å². The Balaban J connectivity index is 1.77. The first-order valence-electron chi connectivity index (χ1n) is 11.7. The van der Waals surface area contributed by atoms with E-state index in [-0.39, 0.29) is 37.6 Å². The number of ketones is 1. The lowest BCUT2D eigenvalue weighted by atomic mass is 9.44. The first-order chi connectivity index (χ1) is 15.5. The zero-order chi connectivity index (χ0) is 24.2. The Morgan fingerprint density at radius 2 is 1.91 bits per heavy atom. The van der Waals surface area contributed by atoms with Crippen molar-refractivity contribution in [1.82, 2.24) is 0 Å². The van der Waals surface area contributed by atoms with Gasteiger partial charge in [0.2, 0.25) is 5.60 Å². The van der Waals surface area contributed by atoms with Gasteiger partial charge in [0.25, 0.3) is 0 Å². The van der Waals surface area contributed by atoms with Gasteiger partial charge in [-0.05, 0) is 57.4 Å². The molecule has 0 unspecified atom stereocenters. The third kappa shape index (κ3) is 3.19. The van der Waals surface area contributed by atoms with Crippen molar-refractivity contribution in [2.24, 2.45) is 22.7 Å². The fraction of sp³-hybridized carbons (Fsp3) is 0.792. The van der Waals surface area contributed by atoms with E-state index in [0.717, 1.165) is 5.57 Å². The molecule has 0 spiro atoms. The Bertz CT molecular complexity index is 892.